The number of thiophene rings is 2. The minimum absolute atomic E-state index is 0.0924. The fourth-order valence-electron chi connectivity index (χ4n) is 11.6. The minimum atomic E-state index is -0.240. The van der Waals surface area contributed by atoms with Gasteiger partial charge in [-0.1, -0.05) is 42.5 Å². The molecule has 12 nitrogen and oxygen atoms in total. The number of anilines is 4. The number of carbonyl (C=O) groups is 4. The summed E-state index contributed by atoms with van der Waals surface area (Å²) in [4.78, 5) is 64.6. The largest absolute Gasteiger partial charge is 0.397 e. The van der Waals surface area contributed by atoms with Crippen LogP contribution in [-0.2, 0) is 22.7 Å². The first kappa shape index (κ1) is 43.9. The van der Waals surface area contributed by atoms with Gasteiger partial charge in [0.25, 0.3) is 11.8 Å². The van der Waals surface area contributed by atoms with E-state index in [2.05, 4.69) is 65.9 Å². The molecule has 2 atom stereocenters. The van der Waals surface area contributed by atoms with Crippen LogP contribution in [0.3, 0.4) is 0 Å². The maximum absolute atomic E-state index is 13.7. The van der Waals surface area contributed by atoms with Gasteiger partial charge in [0, 0.05) is 84.4 Å². The zero-order chi connectivity index (χ0) is 47.0. The van der Waals surface area contributed by atoms with E-state index in [9.17, 15) is 19.2 Å². The molecule has 2 saturated carbocycles. The number of likely N-dealkylation sites (tertiary alicyclic amines) is 4. The third-order valence-corrected chi connectivity index (χ3v) is 17.6. The lowest BCUT2D eigenvalue weighted by Crippen LogP contribution is -2.68. The molecule has 4 aliphatic heterocycles. The fourth-order valence-corrected chi connectivity index (χ4v) is 13.1. The highest BCUT2D eigenvalue weighted by molar-refractivity contribution is 7.13. The van der Waals surface area contributed by atoms with Gasteiger partial charge in [0.2, 0.25) is 11.8 Å². The van der Waals surface area contributed by atoms with E-state index in [1.165, 1.54) is 5.56 Å². The minimum Gasteiger partial charge on any atom is -0.397 e. The lowest BCUT2D eigenvalue weighted by Gasteiger charge is -2.53. The molecule has 6 N–H and O–H groups in total. The van der Waals surface area contributed by atoms with Crippen LogP contribution in [0.2, 0.25) is 0 Å². The standard InChI is InChI=1S/C55H56N8O4S2/c56-43-17-16-39(48-4-1-22-68-48)24-45(43)58-51(65)37-12-8-35(9-13-37)29-63-50(64)18-20-55(63)32-60(33-55)47-27-41(47)40-25-44(57)46(26-42(40)49-5-2-23-69-49)59-52(66)36-10-6-34(7-11-36)28-62-21-3-19-54(62)30-61(31-54)53(67)38-14-15-38/h1-2,4-13,16-17,22-26,38,41,47H,3,14-15,18-21,27-33,56-57H2,(H,58,65)(H,59,66). The molecule has 6 fully saturated rings. The van der Waals surface area contributed by atoms with Gasteiger partial charge in [-0.2, -0.15) is 0 Å². The first-order valence-corrected chi connectivity index (χ1v) is 26.1. The molecule has 69 heavy (non-hydrogen) atoms. The van der Waals surface area contributed by atoms with E-state index in [-0.39, 0.29) is 40.6 Å². The molecule has 2 spiro atoms. The van der Waals surface area contributed by atoms with E-state index < -0.39 is 0 Å². The maximum atomic E-state index is 13.7. The lowest BCUT2D eigenvalue weighted by atomic mass is 9.86. The fraction of sp³-hybridized carbons (Fsp3) is 0.345. The van der Waals surface area contributed by atoms with E-state index >= 15 is 0 Å². The summed E-state index contributed by atoms with van der Waals surface area (Å²) in [6, 6.07) is 33.8. The van der Waals surface area contributed by atoms with Crippen molar-refractivity contribution in [2.24, 2.45) is 5.92 Å². The van der Waals surface area contributed by atoms with Gasteiger partial charge in [0.15, 0.2) is 0 Å². The SMILES string of the molecule is Nc1ccc(-c2cccs2)cc1NC(=O)c1ccc(CN2C(=O)CCC23CN(C2CC2c2cc(N)c(NC(=O)c4ccc(CN5CCCC56CN(C(=O)C5CC5)C6)cc4)cc2-c2cccs2)C3)cc1. The topological polar surface area (TPSA) is 157 Å². The molecule has 6 aromatic rings. The van der Waals surface area contributed by atoms with Gasteiger partial charge in [-0.3, -0.25) is 29.0 Å². The summed E-state index contributed by atoms with van der Waals surface area (Å²) in [6.07, 6.45) is 6.74. The molecule has 352 valence electrons. The van der Waals surface area contributed by atoms with Crippen molar-refractivity contribution < 1.29 is 19.2 Å². The average molecular weight is 957 g/mol. The summed E-state index contributed by atoms with van der Waals surface area (Å²) in [6.45, 7) is 5.66. The quantitative estimate of drug-likeness (QED) is 0.0836. The van der Waals surface area contributed by atoms with Gasteiger partial charge in [0.05, 0.1) is 33.8 Å². The first-order chi connectivity index (χ1) is 33.5. The molecule has 12 rings (SSSR count). The molecule has 2 aromatic heterocycles. The number of nitrogen functional groups attached to an aromatic ring is 2. The van der Waals surface area contributed by atoms with Gasteiger partial charge in [-0.05, 0) is 144 Å². The normalized spacial score (nSPS) is 21.4. The Labute approximate surface area is 410 Å². The number of hydrogen-bond donors (Lipinski definition) is 4. The molecular weight excluding hydrogens is 901 g/mol. The Balaban J connectivity index is 0.673. The molecule has 6 aliphatic rings. The molecule has 4 aromatic carbocycles. The molecule has 2 unspecified atom stereocenters. The van der Waals surface area contributed by atoms with Crippen LogP contribution in [0.4, 0.5) is 22.7 Å². The van der Waals surface area contributed by atoms with Crippen molar-refractivity contribution in [3.05, 3.63) is 142 Å². The van der Waals surface area contributed by atoms with Crippen LogP contribution in [-0.4, -0.2) is 93.1 Å². The van der Waals surface area contributed by atoms with E-state index in [0.29, 0.717) is 58.8 Å². The van der Waals surface area contributed by atoms with Crippen LogP contribution < -0.4 is 22.1 Å². The highest BCUT2D eigenvalue weighted by atomic mass is 32.1. The first-order valence-electron chi connectivity index (χ1n) is 24.3. The number of amides is 4. The van der Waals surface area contributed by atoms with Crippen molar-refractivity contribution in [1.29, 1.82) is 0 Å². The second kappa shape index (κ2) is 17.3. The maximum Gasteiger partial charge on any atom is 0.255 e. The van der Waals surface area contributed by atoms with Gasteiger partial charge < -0.3 is 31.9 Å². The Kier molecular flexibility index (Phi) is 11.0. The Bertz CT molecular complexity index is 2960. The summed E-state index contributed by atoms with van der Waals surface area (Å²) < 4.78 is 0. The lowest BCUT2D eigenvalue weighted by molar-refractivity contribution is -0.146. The Hall–Kier alpha value is -6.32. The predicted molar refractivity (Wildman–Crippen MR) is 274 cm³/mol. The third kappa shape index (κ3) is 8.30. The summed E-state index contributed by atoms with van der Waals surface area (Å²) >= 11 is 3.31. The van der Waals surface area contributed by atoms with Crippen LogP contribution in [0.5, 0.6) is 0 Å². The van der Waals surface area contributed by atoms with E-state index in [4.69, 9.17) is 11.5 Å². The van der Waals surface area contributed by atoms with Crippen molar-refractivity contribution >= 4 is 69.1 Å². The molecule has 4 saturated heterocycles. The Morgan fingerprint density at radius 2 is 1.35 bits per heavy atom. The summed E-state index contributed by atoms with van der Waals surface area (Å²) in [5, 5.41) is 10.2. The highest BCUT2D eigenvalue weighted by Gasteiger charge is 2.59. The van der Waals surface area contributed by atoms with Crippen molar-refractivity contribution in [3.63, 3.8) is 0 Å². The summed E-state index contributed by atoms with van der Waals surface area (Å²) in [5.74, 6) is 0.626. The van der Waals surface area contributed by atoms with Gasteiger partial charge in [-0.15, -0.1) is 22.7 Å². The van der Waals surface area contributed by atoms with Crippen LogP contribution in [0.25, 0.3) is 20.9 Å². The molecule has 4 amide bonds. The third-order valence-electron chi connectivity index (χ3n) is 15.8. The van der Waals surface area contributed by atoms with Crippen LogP contribution in [0.1, 0.15) is 88.3 Å². The number of carbonyl (C=O) groups excluding carboxylic acids is 4. The monoisotopic (exact) mass is 956 g/mol. The second-order valence-electron chi connectivity index (χ2n) is 20.3. The van der Waals surface area contributed by atoms with Crippen molar-refractivity contribution in [2.75, 3.05) is 54.8 Å². The Morgan fingerprint density at radius 3 is 2.00 bits per heavy atom. The van der Waals surface area contributed by atoms with E-state index in [1.54, 1.807) is 22.7 Å². The van der Waals surface area contributed by atoms with Crippen LogP contribution in [0.15, 0.2) is 114 Å². The molecule has 2 aliphatic carbocycles. The molecule has 6 heterocycles. The number of nitrogens with one attached hydrogen (secondary N) is 2. The number of rotatable bonds is 13. The van der Waals surface area contributed by atoms with Crippen LogP contribution in [0, 0.1) is 5.92 Å². The van der Waals surface area contributed by atoms with Crippen molar-refractivity contribution in [3.8, 4) is 20.9 Å². The average Bonchev–Trinajstić information content (AvgIpc) is 4.04. The van der Waals surface area contributed by atoms with Gasteiger partial charge in [-0.25, -0.2) is 0 Å². The van der Waals surface area contributed by atoms with Crippen molar-refractivity contribution in [2.45, 2.75) is 81.1 Å². The van der Waals surface area contributed by atoms with E-state index in [0.717, 1.165) is 110 Å². The van der Waals surface area contributed by atoms with E-state index in [1.807, 2.05) is 78.2 Å². The molecule has 0 bridgehead atoms. The predicted octanol–water partition coefficient (Wildman–Crippen LogP) is 9.13. The molecular formula is C55H56N8O4S2. The highest BCUT2D eigenvalue weighted by Crippen LogP contribution is 2.54. The Morgan fingerprint density at radius 1 is 0.696 bits per heavy atom. The molecule has 0 radical (unpaired) electrons. The van der Waals surface area contributed by atoms with Crippen LogP contribution >= 0.6 is 22.7 Å². The summed E-state index contributed by atoms with van der Waals surface area (Å²) in [5.41, 5.74) is 21.6. The zero-order valence-corrected chi connectivity index (χ0v) is 40.1. The number of benzene rings is 4. The zero-order valence-electron chi connectivity index (χ0n) is 38.5. The number of nitrogens with two attached hydrogens (primary N) is 2. The van der Waals surface area contributed by atoms with Gasteiger partial charge >= 0.3 is 0 Å². The summed E-state index contributed by atoms with van der Waals surface area (Å²) in [7, 11) is 0. The molecule has 14 heteroatoms. The van der Waals surface area contributed by atoms with Gasteiger partial charge in [0.1, 0.15) is 0 Å². The number of hydrogen-bond acceptors (Lipinski definition) is 10. The van der Waals surface area contributed by atoms with Crippen molar-refractivity contribution in [1.82, 2.24) is 19.6 Å². The smallest absolute Gasteiger partial charge is 0.255 e. The number of nitrogens with zero attached hydrogens (tertiary/aromatic N) is 4. The second-order valence-corrected chi connectivity index (χ2v) is 22.2.